The van der Waals surface area contributed by atoms with E-state index in [2.05, 4.69) is 4.98 Å². The van der Waals surface area contributed by atoms with Crippen LogP contribution in [0.4, 0.5) is 0 Å². The third kappa shape index (κ3) is 2.68. The fourth-order valence-electron chi connectivity index (χ4n) is 1.82. The molecule has 1 aromatic carbocycles. The molecule has 90 valence electrons. The highest BCUT2D eigenvalue weighted by Gasteiger charge is 2.06. The number of rotatable bonds is 4. The summed E-state index contributed by atoms with van der Waals surface area (Å²) in [7, 11) is 0. The first-order valence-corrected chi connectivity index (χ1v) is 6.00. The number of hydrogen-bond acceptors (Lipinski definition) is 2. The standard InChI is InChI=1S/C13H15ClN2O/c1-10-15-6-7-16(10)13-5-4-11(3-2-8-17)9-12(13)14/h4-7,9,17H,2-3,8H2,1H3. The van der Waals surface area contributed by atoms with Gasteiger partial charge in [-0.05, 0) is 37.5 Å². The molecule has 4 heteroatoms. The minimum absolute atomic E-state index is 0.208. The number of hydrogen-bond donors (Lipinski definition) is 1. The summed E-state index contributed by atoms with van der Waals surface area (Å²) in [5, 5.41) is 9.50. The number of aromatic nitrogens is 2. The Morgan fingerprint density at radius 3 is 2.82 bits per heavy atom. The SMILES string of the molecule is Cc1nccn1-c1ccc(CCCO)cc1Cl. The van der Waals surface area contributed by atoms with Gasteiger partial charge in [-0.1, -0.05) is 17.7 Å². The Hall–Kier alpha value is -1.32. The van der Waals surface area contributed by atoms with E-state index < -0.39 is 0 Å². The zero-order chi connectivity index (χ0) is 12.3. The molecule has 0 unspecified atom stereocenters. The fourth-order valence-corrected chi connectivity index (χ4v) is 2.11. The highest BCUT2D eigenvalue weighted by molar-refractivity contribution is 6.32. The maximum Gasteiger partial charge on any atom is 0.110 e. The molecular weight excluding hydrogens is 236 g/mol. The van der Waals surface area contributed by atoms with Gasteiger partial charge in [-0.25, -0.2) is 4.98 Å². The predicted molar refractivity (Wildman–Crippen MR) is 68.7 cm³/mol. The minimum Gasteiger partial charge on any atom is -0.396 e. The van der Waals surface area contributed by atoms with Crippen LogP contribution < -0.4 is 0 Å². The van der Waals surface area contributed by atoms with Crippen molar-refractivity contribution in [3.63, 3.8) is 0 Å². The van der Waals surface area contributed by atoms with Crippen LogP contribution in [0.2, 0.25) is 5.02 Å². The Kier molecular flexibility index (Phi) is 3.82. The molecular formula is C13H15ClN2O. The Morgan fingerprint density at radius 2 is 2.24 bits per heavy atom. The van der Waals surface area contributed by atoms with E-state index in [9.17, 15) is 0 Å². The molecule has 0 saturated carbocycles. The number of aliphatic hydroxyl groups is 1. The third-order valence-corrected chi connectivity index (χ3v) is 3.02. The number of benzene rings is 1. The molecule has 1 aromatic heterocycles. The molecule has 0 atom stereocenters. The second-order valence-corrected chi connectivity index (χ2v) is 4.36. The van der Waals surface area contributed by atoms with Gasteiger partial charge in [0.05, 0.1) is 10.7 Å². The molecule has 1 N–H and O–H groups in total. The molecule has 17 heavy (non-hydrogen) atoms. The number of aryl methyl sites for hydroxylation is 2. The maximum atomic E-state index is 8.79. The van der Waals surface area contributed by atoms with Crippen LogP contribution in [0.1, 0.15) is 17.8 Å². The van der Waals surface area contributed by atoms with E-state index in [1.807, 2.05) is 35.9 Å². The van der Waals surface area contributed by atoms with Crippen LogP contribution in [0.15, 0.2) is 30.6 Å². The van der Waals surface area contributed by atoms with Crippen molar-refractivity contribution in [3.8, 4) is 5.69 Å². The van der Waals surface area contributed by atoms with Crippen LogP contribution in [0.25, 0.3) is 5.69 Å². The van der Waals surface area contributed by atoms with Crippen LogP contribution in [-0.2, 0) is 6.42 Å². The molecule has 0 saturated heterocycles. The first-order chi connectivity index (χ1) is 8.22. The first kappa shape index (κ1) is 12.1. The van der Waals surface area contributed by atoms with Gasteiger partial charge in [0.15, 0.2) is 0 Å². The van der Waals surface area contributed by atoms with Gasteiger partial charge in [0.1, 0.15) is 5.82 Å². The van der Waals surface area contributed by atoms with Crippen molar-refractivity contribution in [1.82, 2.24) is 9.55 Å². The zero-order valence-electron chi connectivity index (χ0n) is 9.73. The normalized spacial score (nSPS) is 10.8. The fraction of sp³-hybridized carbons (Fsp3) is 0.308. The molecule has 3 nitrogen and oxygen atoms in total. The van der Waals surface area contributed by atoms with Crippen LogP contribution in [-0.4, -0.2) is 21.3 Å². The Labute approximate surface area is 106 Å². The van der Waals surface area contributed by atoms with Gasteiger partial charge in [-0.2, -0.15) is 0 Å². The second-order valence-electron chi connectivity index (χ2n) is 3.96. The van der Waals surface area contributed by atoms with E-state index in [0.717, 1.165) is 29.9 Å². The Balaban J connectivity index is 2.29. The molecule has 0 amide bonds. The topological polar surface area (TPSA) is 38.0 Å². The number of nitrogens with zero attached hydrogens (tertiary/aromatic N) is 2. The molecule has 0 spiro atoms. The van der Waals surface area contributed by atoms with Gasteiger partial charge in [0.2, 0.25) is 0 Å². The lowest BCUT2D eigenvalue weighted by Crippen LogP contribution is -1.98. The average molecular weight is 251 g/mol. The predicted octanol–water partition coefficient (Wildman–Crippen LogP) is 2.76. The summed E-state index contributed by atoms with van der Waals surface area (Å²) in [5.74, 6) is 0.912. The van der Waals surface area contributed by atoms with Crippen molar-refractivity contribution in [2.45, 2.75) is 19.8 Å². The van der Waals surface area contributed by atoms with Crippen LogP contribution in [0, 0.1) is 6.92 Å². The summed E-state index contributed by atoms with van der Waals surface area (Å²) in [4.78, 5) is 4.18. The van der Waals surface area contributed by atoms with Gasteiger partial charge < -0.3 is 9.67 Å². The van der Waals surface area contributed by atoms with Crippen LogP contribution >= 0.6 is 11.6 Å². The molecule has 0 aliphatic heterocycles. The molecule has 0 aliphatic carbocycles. The van der Waals surface area contributed by atoms with Gasteiger partial charge >= 0.3 is 0 Å². The number of aliphatic hydroxyl groups excluding tert-OH is 1. The van der Waals surface area contributed by atoms with Crippen molar-refractivity contribution in [2.75, 3.05) is 6.61 Å². The maximum absolute atomic E-state index is 8.79. The summed E-state index contributed by atoms with van der Waals surface area (Å²) >= 11 is 6.26. The lowest BCUT2D eigenvalue weighted by molar-refractivity contribution is 0.288. The zero-order valence-corrected chi connectivity index (χ0v) is 10.5. The molecule has 0 bridgehead atoms. The summed E-state index contributed by atoms with van der Waals surface area (Å²) in [6.07, 6.45) is 5.26. The molecule has 2 aromatic rings. The number of halogens is 1. The highest BCUT2D eigenvalue weighted by atomic mass is 35.5. The molecule has 0 aliphatic rings. The first-order valence-electron chi connectivity index (χ1n) is 5.62. The van der Waals surface area contributed by atoms with Crippen LogP contribution in [0.5, 0.6) is 0 Å². The van der Waals surface area contributed by atoms with Gasteiger partial charge in [0, 0.05) is 19.0 Å². The smallest absolute Gasteiger partial charge is 0.110 e. The van der Waals surface area contributed by atoms with Gasteiger partial charge in [0.25, 0.3) is 0 Å². The van der Waals surface area contributed by atoms with Crippen LogP contribution in [0.3, 0.4) is 0 Å². The summed E-state index contributed by atoms with van der Waals surface area (Å²) in [6, 6.07) is 5.98. The number of imidazole rings is 1. The van der Waals surface area contributed by atoms with Crippen molar-refractivity contribution in [3.05, 3.63) is 47.0 Å². The van der Waals surface area contributed by atoms with E-state index in [-0.39, 0.29) is 6.61 Å². The van der Waals surface area contributed by atoms with Gasteiger partial charge in [-0.3, -0.25) is 0 Å². The summed E-state index contributed by atoms with van der Waals surface area (Å²) in [6.45, 7) is 2.15. The van der Waals surface area contributed by atoms with E-state index in [1.165, 1.54) is 0 Å². The third-order valence-electron chi connectivity index (χ3n) is 2.72. The Morgan fingerprint density at radius 1 is 1.41 bits per heavy atom. The van der Waals surface area contributed by atoms with Gasteiger partial charge in [-0.15, -0.1) is 0 Å². The lowest BCUT2D eigenvalue weighted by Gasteiger charge is -2.09. The lowest BCUT2D eigenvalue weighted by atomic mass is 10.1. The quantitative estimate of drug-likeness (QED) is 0.906. The van der Waals surface area contributed by atoms with E-state index in [0.29, 0.717) is 5.02 Å². The monoisotopic (exact) mass is 250 g/mol. The van der Waals surface area contributed by atoms with Crippen molar-refractivity contribution in [2.24, 2.45) is 0 Å². The Bertz CT molecular complexity index is 508. The molecule has 0 fully saturated rings. The second kappa shape index (κ2) is 5.34. The summed E-state index contributed by atoms with van der Waals surface area (Å²) < 4.78 is 1.96. The van der Waals surface area contributed by atoms with Crippen molar-refractivity contribution >= 4 is 11.6 Å². The molecule has 1 heterocycles. The largest absolute Gasteiger partial charge is 0.396 e. The van der Waals surface area contributed by atoms with E-state index in [4.69, 9.17) is 16.7 Å². The van der Waals surface area contributed by atoms with Crippen molar-refractivity contribution in [1.29, 1.82) is 0 Å². The van der Waals surface area contributed by atoms with Crippen molar-refractivity contribution < 1.29 is 5.11 Å². The molecule has 2 rings (SSSR count). The summed E-state index contributed by atoms with van der Waals surface area (Å²) in [5.41, 5.74) is 2.08. The van der Waals surface area contributed by atoms with E-state index >= 15 is 0 Å². The van der Waals surface area contributed by atoms with E-state index in [1.54, 1.807) is 6.20 Å². The minimum atomic E-state index is 0.208. The average Bonchev–Trinajstić information content (AvgIpc) is 2.73. The molecule has 0 radical (unpaired) electrons. The highest BCUT2D eigenvalue weighted by Crippen LogP contribution is 2.23.